The third-order valence-corrected chi connectivity index (χ3v) is 8.00. The van der Waals surface area contributed by atoms with Crippen LogP contribution in [0.15, 0.2) is 0 Å². The molecule has 7 heteroatoms. The van der Waals surface area contributed by atoms with Gasteiger partial charge < -0.3 is 4.90 Å². The molecule has 2 aliphatic rings. The Kier molecular flexibility index (Phi) is 7.10. The molecule has 2 amide bonds. The van der Waals surface area contributed by atoms with Crippen molar-refractivity contribution in [2.24, 2.45) is 0 Å². The second kappa shape index (κ2) is 8.68. The first-order chi connectivity index (χ1) is 11.8. The van der Waals surface area contributed by atoms with Gasteiger partial charge in [-0.05, 0) is 51.0 Å². The topological polar surface area (TPSA) is 64.4 Å². The maximum absolute atomic E-state index is 11.7. The Morgan fingerprint density at radius 2 is 1.48 bits per heavy atom. The number of thioether (sulfide) groups is 2. The van der Waals surface area contributed by atoms with Crippen LogP contribution in [0.3, 0.4) is 0 Å². The monoisotopic (exact) mass is 383 g/mol. The van der Waals surface area contributed by atoms with Crippen molar-refractivity contribution in [2.75, 3.05) is 30.1 Å². The number of carbonyl (C=O) groups is 2. The Bertz CT molecular complexity index is 551. The molecule has 2 fully saturated rings. The van der Waals surface area contributed by atoms with E-state index in [0.29, 0.717) is 12.8 Å². The average Bonchev–Trinajstić information content (AvgIpc) is 3.01. The Labute approximate surface area is 159 Å². The summed E-state index contributed by atoms with van der Waals surface area (Å²) in [6.45, 7) is 4.22. The first-order valence-electron chi connectivity index (χ1n) is 8.97. The SMILES string of the molecule is CN1C(=O)CCC1(C)CCSCCSCCC1(C)CCC(=O)N1C#N. The van der Waals surface area contributed by atoms with Gasteiger partial charge in [0.15, 0.2) is 6.19 Å². The van der Waals surface area contributed by atoms with Gasteiger partial charge in [-0.2, -0.15) is 28.8 Å². The first kappa shape index (κ1) is 20.4. The lowest BCUT2D eigenvalue weighted by atomic mass is 9.96. The molecule has 140 valence electrons. The number of hydrogen-bond acceptors (Lipinski definition) is 5. The normalized spacial score (nSPS) is 29.5. The molecule has 0 N–H and O–H groups in total. The first-order valence-corrected chi connectivity index (χ1v) is 11.3. The summed E-state index contributed by atoms with van der Waals surface area (Å²) in [5.41, 5.74) is -0.234. The van der Waals surface area contributed by atoms with Gasteiger partial charge >= 0.3 is 0 Å². The molecule has 2 unspecified atom stereocenters. The predicted octanol–water partition coefficient (Wildman–Crippen LogP) is 3.11. The molecule has 0 aliphatic carbocycles. The van der Waals surface area contributed by atoms with Crippen LogP contribution in [-0.2, 0) is 9.59 Å². The molecule has 0 aromatic carbocycles. The molecule has 0 spiro atoms. The molecule has 5 nitrogen and oxygen atoms in total. The molecule has 0 bridgehead atoms. The molecular weight excluding hydrogens is 354 g/mol. The quantitative estimate of drug-likeness (QED) is 0.452. The second-order valence-electron chi connectivity index (χ2n) is 7.50. The van der Waals surface area contributed by atoms with Crippen LogP contribution in [0.5, 0.6) is 0 Å². The van der Waals surface area contributed by atoms with E-state index in [9.17, 15) is 9.59 Å². The summed E-state index contributed by atoms with van der Waals surface area (Å²) in [6.07, 6.45) is 6.95. The van der Waals surface area contributed by atoms with E-state index >= 15 is 0 Å². The minimum atomic E-state index is -0.278. The lowest BCUT2D eigenvalue weighted by Crippen LogP contribution is -2.40. The number of carbonyl (C=O) groups excluding carboxylic acids is 2. The zero-order chi connectivity index (χ0) is 18.5. The minimum absolute atomic E-state index is 0.0330. The van der Waals surface area contributed by atoms with E-state index in [1.165, 1.54) is 4.90 Å². The summed E-state index contributed by atoms with van der Waals surface area (Å²) in [6, 6.07) is 0. The highest BCUT2D eigenvalue weighted by molar-refractivity contribution is 8.02. The van der Waals surface area contributed by atoms with Crippen molar-refractivity contribution >= 4 is 35.3 Å². The van der Waals surface area contributed by atoms with Crippen LogP contribution in [-0.4, -0.2) is 62.8 Å². The van der Waals surface area contributed by atoms with Crippen LogP contribution in [0.4, 0.5) is 0 Å². The van der Waals surface area contributed by atoms with Crippen molar-refractivity contribution in [1.29, 1.82) is 5.26 Å². The fourth-order valence-corrected chi connectivity index (χ4v) is 6.04. The number of hydrogen-bond donors (Lipinski definition) is 0. The van der Waals surface area contributed by atoms with Crippen molar-refractivity contribution in [2.45, 2.75) is 63.5 Å². The lowest BCUT2D eigenvalue weighted by Gasteiger charge is -2.32. The molecule has 2 saturated heterocycles. The summed E-state index contributed by atoms with van der Waals surface area (Å²) in [4.78, 5) is 26.6. The van der Waals surface area contributed by atoms with Crippen LogP contribution >= 0.6 is 23.5 Å². The zero-order valence-corrected chi connectivity index (χ0v) is 17.2. The lowest BCUT2D eigenvalue weighted by molar-refractivity contribution is -0.129. The van der Waals surface area contributed by atoms with E-state index in [2.05, 4.69) is 13.1 Å². The number of nitrogens with zero attached hydrogens (tertiary/aromatic N) is 3. The Morgan fingerprint density at radius 3 is 2.00 bits per heavy atom. The fourth-order valence-electron chi connectivity index (χ4n) is 3.53. The third-order valence-electron chi connectivity index (χ3n) is 5.77. The third kappa shape index (κ3) is 4.85. The Hall–Kier alpha value is -0.870. The van der Waals surface area contributed by atoms with Gasteiger partial charge in [0, 0.05) is 36.9 Å². The highest BCUT2D eigenvalue weighted by Crippen LogP contribution is 2.34. The van der Waals surface area contributed by atoms with Crippen LogP contribution < -0.4 is 0 Å². The van der Waals surface area contributed by atoms with Crippen LogP contribution in [0.2, 0.25) is 0 Å². The van der Waals surface area contributed by atoms with Crippen molar-refractivity contribution in [3.8, 4) is 6.19 Å². The van der Waals surface area contributed by atoms with Gasteiger partial charge in [0.05, 0.1) is 5.54 Å². The molecule has 2 aliphatic heterocycles. The molecule has 25 heavy (non-hydrogen) atoms. The number of likely N-dealkylation sites (tertiary alicyclic amines) is 2. The largest absolute Gasteiger partial charge is 0.340 e. The number of amides is 2. The van der Waals surface area contributed by atoms with E-state index in [0.717, 1.165) is 48.7 Å². The van der Waals surface area contributed by atoms with Gasteiger partial charge in [-0.1, -0.05) is 0 Å². The van der Waals surface area contributed by atoms with Gasteiger partial charge in [-0.15, -0.1) is 0 Å². The van der Waals surface area contributed by atoms with Crippen molar-refractivity contribution in [3.05, 3.63) is 0 Å². The molecule has 2 heterocycles. The van der Waals surface area contributed by atoms with Crippen LogP contribution in [0.1, 0.15) is 52.4 Å². The van der Waals surface area contributed by atoms with E-state index in [-0.39, 0.29) is 22.9 Å². The highest BCUT2D eigenvalue weighted by atomic mass is 32.2. The summed E-state index contributed by atoms with van der Waals surface area (Å²) in [5, 5.41) is 9.14. The smallest absolute Gasteiger partial charge is 0.236 e. The fraction of sp³-hybridized carbons (Fsp3) is 0.833. The predicted molar refractivity (Wildman–Crippen MR) is 104 cm³/mol. The zero-order valence-electron chi connectivity index (χ0n) is 15.5. The second-order valence-corrected chi connectivity index (χ2v) is 9.95. The van der Waals surface area contributed by atoms with Gasteiger partial charge in [0.1, 0.15) is 0 Å². The minimum Gasteiger partial charge on any atom is -0.340 e. The van der Waals surface area contributed by atoms with Gasteiger partial charge in [-0.25, -0.2) is 4.90 Å². The van der Waals surface area contributed by atoms with E-state index in [4.69, 9.17) is 5.26 Å². The number of rotatable bonds is 9. The highest BCUT2D eigenvalue weighted by Gasteiger charge is 2.41. The summed E-state index contributed by atoms with van der Waals surface area (Å²) in [7, 11) is 1.93. The van der Waals surface area contributed by atoms with E-state index < -0.39 is 0 Å². The van der Waals surface area contributed by atoms with Crippen LogP contribution in [0, 0.1) is 11.5 Å². The Balaban J connectivity index is 1.55. The van der Waals surface area contributed by atoms with Gasteiger partial charge in [0.2, 0.25) is 11.8 Å². The van der Waals surface area contributed by atoms with Crippen molar-refractivity contribution < 1.29 is 9.59 Å². The van der Waals surface area contributed by atoms with Gasteiger partial charge in [0.25, 0.3) is 0 Å². The molecule has 2 rings (SSSR count). The molecular formula is C18H29N3O2S2. The average molecular weight is 384 g/mol. The number of nitriles is 1. The van der Waals surface area contributed by atoms with E-state index in [1.54, 1.807) is 0 Å². The molecule has 2 atom stereocenters. The molecule has 0 radical (unpaired) electrons. The maximum atomic E-state index is 11.7. The van der Waals surface area contributed by atoms with Crippen molar-refractivity contribution in [1.82, 2.24) is 9.80 Å². The molecule has 0 aromatic rings. The summed E-state index contributed by atoms with van der Waals surface area (Å²) in [5.74, 6) is 4.51. The summed E-state index contributed by atoms with van der Waals surface area (Å²) < 4.78 is 0. The summed E-state index contributed by atoms with van der Waals surface area (Å²) >= 11 is 3.86. The molecule has 0 saturated carbocycles. The maximum Gasteiger partial charge on any atom is 0.236 e. The van der Waals surface area contributed by atoms with Crippen molar-refractivity contribution in [3.63, 3.8) is 0 Å². The Morgan fingerprint density at radius 1 is 0.960 bits per heavy atom. The van der Waals surface area contributed by atoms with Crippen LogP contribution in [0.25, 0.3) is 0 Å². The molecule has 0 aromatic heterocycles. The standard InChI is InChI=1S/C18H29N3O2S2/c1-17(6-4-15(22)20(17)3)8-10-24-12-13-25-11-9-18(2)7-5-16(23)21(18)14-19/h4-13H2,1-3H3. The van der Waals surface area contributed by atoms with Gasteiger partial charge in [-0.3, -0.25) is 9.59 Å². The van der Waals surface area contributed by atoms with E-state index in [1.807, 2.05) is 42.4 Å².